The number of thiazole rings is 1. The normalized spacial score (nSPS) is 15.0. The van der Waals surface area contributed by atoms with E-state index in [1.54, 1.807) is 7.11 Å². The molecular formula is C19H25N3O2S. The molecule has 1 fully saturated rings. The zero-order chi connectivity index (χ0) is 17.6. The van der Waals surface area contributed by atoms with Gasteiger partial charge in [-0.2, -0.15) is 0 Å². The van der Waals surface area contributed by atoms with Gasteiger partial charge in [-0.1, -0.05) is 42.7 Å². The lowest BCUT2D eigenvalue weighted by Crippen LogP contribution is -2.22. The van der Waals surface area contributed by atoms with Gasteiger partial charge in [0, 0.05) is 12.6 Å². The van der Waals surface area contributed by atoms with Gasteiger partial charge in [0.2, 0.25) is 0 Å². The second kappa shape index (κ2) is 8.34. The highest BCUT2D eigenvalue weighted by atomic mass is 32.1. The van der Waals surface area contributed by atoms with Crippen LogP contribution in [0.1, 0.15) is 53.0 Å². The van der Waals surface area contributed by atoms with Crippen molar-refractivity contribution < 1.29 is 9.53 Å². The van der Waals surface area contributed by atoms with Gasteiger partial charge in [0.1, 0.15) is 10.6 Å². The van der Waals surface area contributed by atoms with E-state index < -0.39 is 0 Å². The molecule has 134 valence electrons. The second-order valence-corrected chi connectivity index (χ2v) is 7.44. The Morgan fingerprint density at radius 3 is 2.64 bits per heavy atom. The van der Waals surface area contributed by atoms with Crippen molar-refractivity contribution in [3.63, 3.8) is 0 Å². The number of hydrogen-bond donors (Lipinski definition) is 2. The molecule has 0 bridgehead atoms. The highest BCUT2D eigenvalue weighted by Crippen LogP contribution is 2.27. The van der Waals surface area contributed by atoms with Gasteiger partial charge in [-0.15, -0.1) is 0 Å². The fourth-order valence-corrected chi connectivity index (χ4v) is 4.06. The van der Waals surface area contributed by atoms with Crippen LogP contribution in [0.2, 0.25) is 0 Å². The minimum absolute atomic E-state index is 0.0671. The number of amides is 1. The maximum atomic E-state index is 12.5. The molecule has 0 aliphatic heterocycles. The molecule has 1 heterocycles. The van der Waals surface area contributed by atoms with Crippen molar-refractivity contribution in [3.8, 4) is 5.75 Å². The summed E-state index contributed by atoms with van der Waals surface area (Å²) in [5, 5.41) is 7.33. The van der Waals surface area contributed by atoms with E-state index >= 15 is 0 Å². The van der Waals surface area contributed by atoms with Crippen LogP contribution in [0.5, 0.6) is 5.75 Å². The Labute approximate surface area is 152 Å². The molecule has 0 saturated heterocycles. The van der Waals surface area contributed by atoms with Gasteiger partial charge < -0.3 is 15.4 Å². The smallest absolute Gasteiger partial charge is 0.263 e. The average Bonchev–Trinajstić information content (AvgIpc) is 3.01. The maximum absolute atomic E-state index is 12.5. The van der Waals surface area contributed by atoms with Crippen LogP contribution in [0.25, 0.3) is 0 Å². The molecule has 1 aromatic heterocycles. The fourth-order valence-electron chi connectivity index (χ4n) is 3.10. The van der Waals surface area contributed by atoms with Crippen LogP contribution in [0.4, 0.5) is 5.13 Å². The number of carbonyl (C=O) groups is 1. The molecule has 1 aliphatic carbocycles. The van der Waals surface area contributed by atoms with E-state index in [2.05, 4.69) is 15.6 Å². The predicted octanol–water partition coefficient (Wildman–Crippen LogP) is 4.13. The second-order valence-electron chi connectivity index (χ2n) is 6.44. The third-order valence-electron chi connectivity index (χ3n) is 4.55. The van der Waals surface area contributed by atoms with E-state index in [-0.39, 0.29) is 5.91 Å². The number of carbonyl (C=O) groups excluding carboxylic acids is 1. The number of nitrogens with zero attached hydrogens (tertiary/aromatic N) is 1. The molecule has 1 aliphatic rings. The number of aromatic nitrogens is 1. The summed E-state index contributed by atoms with van der Waals surface area (Å²) >= 11 is 1.45. The average molecular weight is 359 g/mol. The Morgan fingerprint density at radius 2 is 1.96 bits per heavy atom. The van der Waals surface area contributed by atoms with Crippen molar-refractivity contribution in [2.75, 3.05) is 12.4 Å². The summed E-state index contributed by atoms with van der Waals surface area (Å²) < 4.78 is 5.14. The standard InChI is InChI=1S/C19H25N3O2S/c1-13-17(25-19(21-13)22-15-6-4-3-5-7-15)18(23)20-12-14-8-10-16(24-2)11-9-14/h8-11,15H,3-7,12H2,1-2H3,(H,20,23)(H,21,22). The number of anilines is 1. The first-order chi connectivity index (χ1) is 12.2. The van der Waals surface area contributed by atoms with Gasteiger partial charge in [0.25, 0.3) is 5.91 Å². The summed E-state index contributed by atoms with van der Waals surface area (Å²) in [4.78, 5) is 17.7. The van der Waals surface area contributed by atoms with Crippen LogP contribution < -0.4 is 15.4 Å². The Hall–Kier alpha value is -2.08. The van der Waals surface area contributed by atoms with E-state index in [0.29, 0.717) is 17.5 Å². The number of aryl methyl sites for hydroxylation is 1. The molecule has 5 nitrogen and oxygen atoms in total. The summed E-state index contributed by atoms with van der Waals surface area (Å²) in [6.07, 6.45) is 6.26. The lowest BCUT2D eigenvalue weighted by molar-refractivity contribution is 0.0954. The molecule has 1 saturated carbocycles. The largest absolute Gasteiger partial charge is 0.497 e. The molecule has 1 aromatic carbocycles. The number of nitrogens with one attached hydrogen (secondary N) is 2. The molecule has 0 spiro atoms. The number of hydrogen-bond acceptors (Lipinski definition) is 5. The summed E-state index contributed by atoms with van der Waals surface area (Å²) in [7, 11) is 1.64. The number of ether oxygens (including phenoxy) is 1. The van der Waals surface area contributed by atoms with Crippen molar-refractivity contribution in [1.82, 2.24) is 10.3 Å². The van der Waals surface area contributed by atoms with E-state index in [0.717, 1.165) is 22.1 Å². The van der Waals surface area contributed by atoms with E-state index in [1.165, 1.54) is 43.4 Å². The minimum atomic E-state index is -0.0671. The first-order valence-corrected chi connectivity index (χ1v) is 9.62. The summed E-state index contributed by atoms with van der Waals surface area (Å²) in [6.45, 7) is 2.39. The predicted molar refractivity (Wildman–Crippen MR) is 102 cm³/mol. The van der Waals surface area contributed by atoms with Crippen molar-refractivity contribution in [1.29, 1.82) is 0 Å². The zero-order valence-electron chi connectivity index (χ0n) is 14.8. The van der Waals surface area contributed by atoms with Gasteiger partial charge in [-0.05, 0) is 37.5 Å². The molecule has 2 N–H and O–H groups in total. The molecular weight excluding hydrogens is 334 g/mol. The Bertz CT molecular complexity index is 706. The number of methoxy groups -OCH3 is 1. The Morgan fingerprint density at radius 1 is 1.24 bits per heavy atom. The minimum Gasteiger partial charge on any atom is -0.497 e. The number of rotatable bonds is 6. The molecule has 2 aromatic rings. The maximum Gasteiger partial charge on any atom is 0.263 e. The molecule has 1 amide bonds. The highest BCUT2D eigenvalue weighted by molar-refractivity contribution is 7.17. The van der Waals surface area contributed by atoms with Crippen molar-refractivity contribution in [2.45, 2.75) is 51.6 Å². The molecule has 0 atom stereocenters. The third-order valence-corrected chi connectivity index (χ3v) is 5.64. The molecule has 6 heteroatoms. The first-order valence-electron chi connectivity index (χ1n) is 8.81. The van der Waals surface area contributed by atoms with Gasteiger partial charge >= 0.3 is 0 Å². The van der Waals surface area contributed by atoms with E-state index in [1.807, 2.05) is 31.2 Å². The van der Waals surface area contributed by atoms with Crippen molar-refractivity contribution in [3.05, 3.63) is 40.4 Å². The SMILES string of the molecule is COc1ccc(CNC(=O)c2sc(NC3CCCCC3)nc2C)cc1. The van der Waals surface area contributed by atoms with Crippen LogP contribution >= 0.6 is 11.3 Å². The summed E-state index contributed by atoms with van der Waals surface area (Å²) in [5.74, 6) is 0.745. The lowest BCUT2D eigenvalue weighted by atomic mass is 9.96. The molecule has 0 unspecified atom stereocenters. The van der Waals surface area contributed by atoms with Crippen molar-refractivity contribution >= 4 is 22.4 Å². The first kappa shape index (κ1) is 17.7. The highest BCUT2D eigenvalue weighted by Gasteiger charge is 2.18. The van der Waals surface area contributed by atoms with Gasteiger partial charge in [-0.25, -0.2) is 4.98 Å². The van der Waals surface area contributed by atoms with Crippen LogP contribution in [-0.4, -0.2) is 24.0 Å². The molecule has 25 heavy (non-hydrogen) atoms. The van der Waals surface area contributed by atoms with Crippen LogP contribution in [0.15, 0.2) is 24.3 Å². The van der Waals surface area contributed by atoms with E-state index in [9.17, 15) is 4.79 Å². The van der Waals surface area contributed by atoms with Gasteiger partial charge in [0.05, 0.1) is 12.8 Å². The van der Waals surface area contributed by atoms with Gasteiger partial charge in [0.15, 0.2) is 5.13 Å². The quantitative estimate of drug-likeness (QED) is 0.814. The summed E-state index contributed by atoms with van der Waals surface area (Å²) in [5.41, 5.74) is 1.83. The van der Waals surface area contributed by atoms with Crippen molar-refractivity contribution in [2.24, 2.45) is 0 Å². The summed E-state index contributed by atoms with van der Waals surface area (Å²) in [6, 6.07) is 8.19. The molecule has 3 rings (SSSR count). The van der Waals surface area contributed by atoms with E-state index in [4.69, 9.17) is 4.74 Å². The lowest BCUT2D eigenvalue weighted by Gasteiger charge is -2.22. The van der Waals surface area contributed by atoms with Crippen LogP contribution in [0.3, 0.4) is 0 Å². The zero-order valence-corrected chi connectivity index (χ0v) is 15.6. The Balaban J connectivity index is 1.57. The van der Waals surface area contributed by atoms with Crippen LogP contribution in [-0.2, 0) is 6.54 Å². The third kappa shape index (κ3) is 4.72. The van der Waals surface area contributed by atoms with Gasteiger partial charge in [-0.3, -0.25) is 4.79 Å². The number of benzene rings is 1. The van der Waals surface area contributed by atoms with Crippen LogP contribution in [0, 0.1) is 6.92 Å². The monoisotopic (exact) mass is 359 g/mol. The molecule has 0 radical (unpaired) electrons. The fraction of sp³-hybridized carbons (Fsp3) is 0.474. The Kier molecular flexibility index (Phi) is 5.91. The topological polar surface area (TPSA) is 63.2 Å².